The number of ether oxygens (including phenoxy) is 2. The minimum atomic E-state index is -0.670. The normalized spacial score (nSPS) is 24.6. The molecule has 1 heterocycles. The van der Waals surface area contributed by atoms with Gasteiger partial charge in [-0.3, -0.25) is 0 Å². The lowest BCUT2D eigenvalue weighted by Crippen LogP contribution is -2.38. The maximum absolute atomic E-state index is 14.7. The van der Waals surface area contributed by atoms with Gasteiger partial charge in [-0.15, -0.1) is 0 Å². The van der Waals surface area contributed by atoms with Crippen molar-refractivity contribution in [2.24, 2.45) is 5.92 Å². The van der Waals surface area contributed by atoms with Crippen molar-refractivity contribution in [1.29, 1.82) is 0 Å². The molecule has 1 fully saturated rings. The van der Waals surface area contributed by atoms with E-state index in [1.165, 1.54) is 12.1 Å². The molecule has 0 spiro atoms. The van der Waals surface area contributed by atoms with Crippen LogP contribution in [0.3, 0.4) is 0 Å². The number of halogens is 2. The molecule has 1 aliphatic heterocycles. The van der Waals surface area contributed by atoms with Crippen LogP contribution in [0.5, 0.6) is 5.75 Å². The molecule has 0 amide bonds. The number of fused-ring (bicyclic) bond motifs is 1. The molecule has 2 aromatic rings. The molecule has 2 aromatic carbocycles. The van der Waals surface area contributed by atoms with Gasteiger partial charge >= 0.3 is 0 Å². The largest absolute Gasteiger partial charge is 0.494 e. The van der Waals surface area contributed by atoms with Crippen molar-refractivity contribution in [2.75, 3.05) is 13.2 Å². The summed E-state index contributed by atoms with van der Waals surface area (Å²) in [5.41, 5.74) is 2.41. The van der Waals surface area contributed by atoms with Crippen LogP contribution < -0.4 is 4.74 Å². The lowest BCUT2D eigenvalue weighted by atomic mass is 9.88. The van der Waals surface area contributed by atoms with Gasteiger partial charge in [-0.05, 0) is 30.5 Å². The average molecular weight is 440 g/mol. The first-order valence-corrected chi connectivity index (χ1v) is 10.9. The lowest BCUT2D eigenvalue weighted by molar-refractivity contribution is -0.0899. The first-order valence-electron chi connectivity index (χ1n) is 10.9. The maximum Gasteiger partial charge on any atom is 0.133 e. The monoisotopic (exact) mass is 440 g/mol. The molecule has 2 aliphatic rings. The molecule has 4 unspecified atom stereocenters. The zero-order valence-electron chi connectivity index (χ0n) is 17.9. The number of hydrogen-bond acceptors (Lipinski definition) is 4. The van der Waals surface area contributed by atoms with E-state index in [9.17, 15) is 19.0 Å². The maximum atomic E-state index is 14.7. The van der Waals surface area contributed by atoms with Gasteiger partial charge in [-0.25, -0.2) is 8.78 Å². The van der Waals surface area contributed by atoms with Crippen molar-refractivity contribution in [2.45, 2.75) is 44.5 Å². The van der Waals surface area contributed by atoms with E-state index in [-0.39, 0.29) is 24.3 Å². The van der Waals surface area contributed by atoms with Crippen LogP contribution >= 0.6 is 0 Å². The second-order valence-electron chi connectivity index (χ2n) is 8.10. The summed E-state index contributed by atoms with van der Waals surface area (Å²) in [5.74, 6) is 4.61. The van der Waals surface area contributed by atoms with Gasteiger partial charge in [0.25, 0.3) is 0 Å². The molecule has 4 rings (SSSR count). The summed E-state index contributed by atoms with van der Waals surface area (Å²) >= 11 is 0. The van der Waals surface area contributed by atoms with E-state index in [0.717, 1.165) is 16.7 Å². The number of benzene rings is 2. The van der Waals surface area contributed by atoms with Gasteiger partial charge in [-0.2, -0.15) is 0 Å². The van der Waals surface area contributed by atoms with Crippen molar-refractivity contribution in [3.63, 3.8) is 0 Å². The minimum Gasteiger partial charge on any atom is -0.494 e. The zero-order valence-corrected chi connectivity index (χ0v) is 17.9. The highest BCUT2D eigenvalue weighted by molar-refractivity contribution is 5.76. The van der Waals surface area contributed by atoms with Gasteiger partial charge in [0.05, 0.1) is 31.5 Å². The Hall–Kier alpha value is -2.72. The molecule has 4 atom stereocenters. The Kier molecular flexibility index (Phi) is 6.90. The average Bonchev–Trinajstić information content (AvgIpc) is 2.96. The quantitative estimate of drug-likeness (QED) is 0.670. The van der Waals surface area contributed by atoms with Crippen LogP contribution in [0.15, 0.2) is 42.5 Å². The summed E-state index contributed by atoms with van der Waals surface area (Å²) in [6.45, 7) is 1.88. The van der Waals surface area contributed by atoms with Gasteiger partial charge in [0.2, 0.25) is 0 Å². The fraction of sp³-hybridized carbons (Fsp3) is 0.385. The second kappa shape index (κ2) is 9.83. The molecule has 0 aromatic heterocycles. The van der Waals surface area contributed by atoms with E-state index in [2.05, 4.69) is 11.8 Å². The summed E-state index contributed by atoms with van der Waals surface area (Å²) in [5, 5.41) is 19.9. The molecule has 4 nitrogen and oxygen atoms in total. The Morgan fingerprint density at radius 2 is 1.91 bits per heavy atom. The van der Waals surface area contributed by atoms with Gasteiger partial charge in [0.15, 0.2) is 0 Å². The molecule has 0 radical (unpaired) electrons. The Bertz CT molecular complexity index is 1050. The van der Waals surface area contributed by atoms with Gasteiger partial charge in [0.1, 0.15) is 17.4 Å². The molecule has 1 aliphatic carbocycles. The Balaban J connectivity index is 1.69. The third-order valence-electron chi connectivity index (χ3n) is 5.79. The predicted octanol–water partition coefficient (Wildman–Crippen LogP) is 3.87. The summed E-state index contributed by atoms with van der Waals surface area (Å²) in [4.78, 5) is 0. The summed E-state index contributed by atoms with van der Waals surface area (Å²) in [7, 11) is 0. The molecular formula is C26H26F2O4. The molecule has 2 N–H and O–H groups in total. The highest BCUT2D eigenvalue weighted by Crippen LogP contribution is 2.35. The fourth-order valence-corrected chi connectivity index (χ4v) is 4.31. The number of hydrogen-bond donors (Lipinski definition) is 2. The first-order chi connectivity index (χ1) is 15.5. The van der Waals surface area contributed by atoms with Crippen LogP contribution in [-0.4, -0.2) is 41.7 Å². The van der Waals surface area contributed by atoms with E-state index in [0.29, 0.717) is 19.4 Å². The van der Waals surface area contributed by atoms with E-state index < -0.39 is 35.9 Å². The van der Waals surface area contributed by atoms with Crippen LogP contribution in [0.2, 0.25) is 0 Å². The van der Waals surface area contributed by atoms with Crippen LogP contribution in [0.1, 0.15) is 36.5 Å². The molecule has 6 heteroatoms. The third kappa shape index (κ3) is 4.86. The lowest BCUT2D eigenvalue weighted by Gasteiger charge is -2.34. The van der Waals surface area contributed by atoms with Crippen LogP contribution in [-0.2, 0) is 11.2 Å². The number of aliphatic hydroxyl groups is 2. The van der Waals surface area contributed by atoms with E-state index in [1.807, 2.05) is 30.3 Å². The Labute approximate surface area is 186 Å². The predicted molar refractivity (Wildman–Crippen MR) is 117 cm³/mol. The topological polar surface area (TPSA) is 58.9 Å². The summed E-state index contributed by atoms with van der Waals surface area (Å²) in [6.07, 6.45) is 1.12. The van der Waals surface area contributed by atoms with Gasteiger partial charge in [0, 0.05) is 42.0 Å². The van der Waals surface area contributed by atoms with Crippen LogP contribution in [0.25, 0.3) is 5.57 Å². The Morgan fingerprint density at radius 1 is 1.16 bits per heavy atom. The molecule has 168 valence electrons. The van der Waals surface area contributed by atoms with E-state index in [4.69, 9.17) is 9.47 Å². The van der Waals surface area contributed by atoms with Crippen LogP contribution in [0.4, 0.5) is 8.78 Å². The molecule has 1 saturated heterocycles. The van der Waals surface area contributed by atoms with Gasteiger partial charge in [-0.1, -0.05) is 36.1 Å². The smallest absolute Gasteiger partial charge is 0.133 e. The van der Waals surface area contributed by atoms with Crippen molar-refractivity contribution in [1.82, 2.24) is 0 Å². The van der Waals surface area contributed by atoms with E-state index >= 15 is 0 Å². The van der Waals surface area contributed by atoms with Gasteiger partial charge < -0.3 is 19.7 Å². The summed E-state index contributed by atoms with van der Waals surface area (Å²) < 4.78 is 40.6. The summed E-state index contributed by atoms with van der Waals surface area (Å²) in [6, 6.07) is 9.97. The van der Waals surface area contributed by atoms with Crippen LogP contribution in [0, 0.1) is 29.4 Å². The standard InChI is InChI=1S/C26H26F2O4/c1-2-31-19-13-24(27)23(25(28)14-19)10-16-7-8-17-5-3-4-6-21(17)22(9-16)26-12-18(30)11-20(15-29)32-26/h3-6,9,13-14,16,18,20,26,29-30H,2,10-12,15H2,1H3. The van der Waals surface area contributed by atoms with Crippen molar-refractivity contribution in [3.8, 4) is 17.6 Å². The third-order valence-corrected chi connectivity index (χ3v) is 5.79. The van der Waals surface area contributed by atoms with Crippen molar-refractivity contribution >= 4 is 5.57 Å². The number of aliphatic hydroxyl groups excluding tert-OH is 2. The zero-order chi connectivity index (χ0) is 22.7. The number of rotatable bonds is 6. The highest BCUT2D eigenvalue weighted by Gasteiger charge is 2.32. The SMILES string of the molecule is CCOc1cc(F)c(CC2C#Cc3ccccc3C(C3CC(O)CC(CO)O3)=C2)c(F)c1. The first kappa shape index (κ1) is 22.5. The van der Waals surface area contributed by atoms with Crippen molar-refractivity contribution < 1.29 is 28.5 Å². The van der Waals surface area contributed by atoms with Crippen molar-refractivity contribution in [3.05, 3.63) is 70.8 Å². The second-order valence-corrected chi connectivity index (χ2v) is 8.10. The molecular weight excluding hydrogens is 414 g/mol. The highest BCUT2D eigenvalue weighted by atomic mass is 19.1. The Morgan fingerprint density at radius 3 is 2.62 bits per heavy atom. The van der Waals surface area contributed by atoms with E-state index in [1.54, 1.807) is 6.92 Å². The number of allylic oxidation sites excluding steroid dienone is 1. The molecule has 32 heavy (non-hydrogen) atoms. The molecule has 0 saturated carbocycles. The fourth-order valence-electron chi connectivity index (χ4n) is 4.31. The minimum absolute atomic E-state index is 0.0489. The molecule has 0 bridgehead atoms.